The third-order valence-electron chi connectivity index (χ3n) is 6.35. The Morgan fingerprint density at radius 1 is 1.39 bits per heavy atom. The highest BCUT2D eigenvalue weighted by Crippen LogP contribution is 2.62. The van der Waals surface area contributed by atoms with Crippen LogP contribution >= 0.6 is 0 Å². The lowest BCUT2D eigenvalue weighted by Crippen LogP contribution is -2.65. The lowest BCUT2D eigenvalue weighted by molar-refractivity contribution is -0.0488. The van der Waals surface area contributed by atoms with Crippen LogP contribution < -0.4 is 4.74 Å². The summed E-state index contributed by atoms with van der Waals surface area (Å²) in [4.78, 5) is 2.50. The minimum absolute atomic E-state index is 0.196. The van der Waals surface area contributed by atoms with Crippen molar-refractivity contribution in [2.24, 2.45) is 5.92 Å². The van der Waals surface area contributed by atoms with Gasteiger partial charge in [0.2, 0.25) is 0 Å². The van der Waals surface area contributed by atoms with Crippen molar-refractivity contribution in [2.45, 2.75) is 36.5 Å². The van der Waals surface area contributed by atoms with Gasteiger partial charge in [0.1, 0.15) is 12.2 Å². The third kappa shape index (κ3) is 1.49. The van der Waals surface area contributed by atoms with Crippen molar-refractivity contribution < 1.29 is 14.9 Å². The molecule has 120 valence electrons. The maximum absolute atomic E-state index is 10.5. The van der Waals surface area contributed by atoms with E-state index in [0.29, 0.717) is 17.7 Å². The Labute approximate surface area is 135 Å². The van der Waals surface area contributed by atoms with E-state index < -0.39 is 6.10 Å². The van der Waals surface area contributed by atoms with Gasteiger partial charge in [0.05, 0.1) is 0 Å². The molecule has 0 saturated carbocycles. The summed E-state index contributed by atoms with van der Waals surface area (Å²) in [7, 11) is 0. The molecule has 1 aromatic carbocycles. The number of piperidine rings is 1. The molecule has 23 heavy (non-hydrogen) atoms. The molecule has 1 fully saturated rings. The first-order valence-corrected chi connectivity index (χ1v) is 8.40. The minimum atomic E-state index is -0.615. The van der Waals surface area contributed by atoms with Crippen LogP contribution in [-0.2, 0) is 11.8 Å². The summed E-state index contributed by atoms with van der Waals surface area (Å²) in [6.07, 6.45) is 7.04. The Hall–Kier alpha value is -1.78. The number of phenols is 1. The fourth-order valence-corrected chi connectivity index (χ4v) is 5.52. The highest BCUT2D eigenvalue weighted by Gasteiger charge is 2.64. The molecule has 4 heteroatoms. The van der Waals surface area contributed by atoms with Crippen LogP contribution in [0.5, 0.6) is 11.5 Å². The summed E-state index contributed by atoms with van der Waals surface area (Å²) in [6.45, 7) is 5.76. The number of likely N-dealkylation sites (tertiary alicyclic amines) is 1. The number of hydrogen-bond acceptors (Lipinski definition) is 4. The number of aliphatic hydroxyl groups is 1. The molecule has 5 atom stereocenters. The second-order valence-corrected chi connectivity index (χ2v) is 7.23. The molecule has 1 unspecified atom stereocenters. The Morgan fingerprint density at radius 3 is 3.09 bits per heavy atom. The largest absolute Gasteiger partial charge is 0.504 e. The maximum atomic E-state index is 10.5. The highest BCUT2D eigenvalue weighted by molar-refractivity contribution is 5.61. The topological polar surface area (TPSA) is 52.9 Å². The van der Waals surface area contributed by atoms with E-state index in [1.807, 2.05) is 18.2 Å². The maximum Gasteiger partial charge on any atom is 0.165 e. The molecule has 5 rings (SSSR count). The molecule has 0 radical (unpaired) electrons. The molecule has 0 amide bonds. The predicted octanol–water partition coefficient (Wildman–Crippen LogP) is 1.75. The number of aromatic hydroxyl groups is 1. The van der Waals surface area contributed by atoms with E-state index >= 15 is 0 Å². The van der Waals surface area contributed by atoms with E-state index in [-0.39, 0.29) is 17.3 Å². The van der Waals surface area contributed by atoms with Gasteiger partial charge in [-0.25, -0.2) is 0 Å². The number of rotatable bonds is 2. The van der Waals surface area contributed by atoms with E-state index in [1.54, 1.807) is 6.07 Å². The summed E-state index contributed by atoms with van der Waals surface area (Å²) in [5, 5.41) is 20.8. The molecule has 4 aliphatic rings. The van der Waals surface area contributed by atoms with Crippen LogP contribution in [0.3, 0.4) is 0 Å². The fraction of sp³-hybridized carbons (Fsp3) is 0.474. The molecule has 0 aromatic heterocycles. The summed E-state index contributed by atoms with van der Waals surface area (Å²) in [5.74, 6) is 1.13. The molecular weight excluding hydrogens is 290 g/mol. The average Bonchev–Trinajstić information content (AvgIpc) is 2.89. The predicted molar refractivity (Wildman–Crippen MR) is 86.7 cm³/mol. The van der Waals surface area contributed by atoms with Gasteiger partial charge in [-0.1, -0.05) is 24.3 Å². The van der Waals surface area contributed by atoms with Crippen LogP contribution in [-0.4, -0.2) is 46.5 Å². The van der Waals surface area contributed by atoms with Crippen molar-refractivity contribution in [1.82, 2.24) is 4.90 Å². The molecule has 2 aliphatic carbocycles. The van der Waals surface area contributed by atoms with Gasteiger partial charge in [-0.3, -0.25) is 4.90 Å². The van der Waals surface area contributed by atoms with Crippen LogP contribution in [0.1, 0.15) is 17.5 Å². The lowest BCUT2D eigenvalue weighted by Gasteiger charge is -2.57. The Morgan fingerprint density at radius 2 is 2.26 bits per heavy atom. The zero-order chi connectivity index (χ0) is 15.8. The zero-order valence-corrected chi connectivity index (χ0v) is 13.0. The van der Waals surface area contributed by atoms with Crippen LogP contribution in [0.4, 0.5) is 0 Å². The number of ether oxygens (including phenoxy) is 1. The first kappa shape index (κ1) is 13.6. The van der Waals surface area contributed by atoms with Gasteiger partial charge in [0.15, 0.2) is 11.5 Å². The monoisotopic (exact) mass is 311 g/mol. The van der Waals surface area contributed by atoms with Gasteiger partial charge in [0.25, 0.3) is 0 Å². The fourth-order valence-electron chi connectivity index (χ4n) is 5.52. The Kier molecular flexibility index (Phi) is 2.61. The van der Waals surface area contributed by atoms with Gasteiger partial charge in [-0.2, -0.15) is 0 Å². The van der Waals surface area contributed by atoms with Gasteiger partial charge in [0, 0.05) is 29.5 Å². The Bertz CT molecular complexity index is 728. The molecule has 4 nitrogen and oxygen atoms in total. The van der Waals surface area contributed by atoms with Crippen molar-refractivity contribution >= 4 is 0 Å². The van der Waals surface area contributed by atoms with Gasteiger partial charge in [-0.15, -0.1) is 6.58 Å². The van der Waals surface area contributed by atoms with Crippen molar-refractivity contribution in [3.8, 4) is 11.5 Å². The summed E-state index contributed by atoms with van der Waals surface area (Å²) >= 11 is 0. The first-order valence-electron chi connectivity index (χ1n) is 8.40. The van der Waals surface area contributed by atoms with Crippen LogP contribution in [0.25, 0.3) is 0 Å². The molecule has 2 aliphatic heterocycles. The second-order valence-electron chi connectivity index (χ2n) is 7.23. The first-order chi connectivity index (χ1) is 11.2. The number of phenolic OH excluding ortho intramolecular Hbond substituents is 1. The zero-order valence-electron chi connectivity index (χ0n) is 13.0. The van der Waals surface area contributed by atoms with Crippen molar-refractivity contribution in [1.29, 1.82) is 0 Å². The lowest BCUT2D eigenvalue weighted by atomic mass is 9.53. The van der Waals surface area contributed by atoms with E-state index in [9.17, 15) is 10.2 Å². The van der Waals surface area contributed by atoms with E-state index in [1.165, 1.54) is 5.56 Å². The van der Waals surface area contributed by atoms with E-state index in [2.05, 4.69) is 17.6 Å². The van der Waals surface area contributed by atoms with E-state index in [0.717, 1.165) is 31.5 Å². The summed E-state index contributed by atoms with van der Waals surface area (Å²) in [6, 6.07) is 4.17. The standard InChI is InChI=1S/C19H21NO3/c1-2-8-20-9-7-19-12-4-6-15(22)18(19)23-17-14(21)5-3-11(16(17)19)10-13(12)20/h2-6,12-13,15,18,21-22H,1,7-10H2/t12-,13+,15?,18-,19-/m0/s1. The van der Waals surface area contributed by atoms with Crippen LogP contribution in [0.2, 0.25) is 0 Å². The van der Waals surface area contributed by atoms with Crippen molar-refractivity contribution in [3.05, 3.63) is 48.1 Å². The SMILES string of the molecule is C=CCN1CC[C@]23c4c5ccc(O)c4O[C@H]2C(O)C=C[C@H]3[C@H]1C5. The van der Waals surface area contributed by atoms with Crippen LogP contribution in [0, 0.1) is 5.92 Å². The molecule has 2 bridgehead atoms. The van der Waals surface area contributed by atoms with Gasteiger partial charge < -0.3 is 14.9 Å². The smallest absolute Gasteiger partial charge is 0.165 e. The molecule has 1 spiro atoms. The normalized spacial score (nSPS) is 39.7. The van der Waals surface area contributed by atoms with Crippen molar-refractivity contribution in [2.75, 3.05) is 13.1 Å². The van der Waals surface area contributed by atoms with E-state index in [4.69, 9.17) is 4.74 Å². The molecule has 1 saturated heterocycles. The number of benzene rings is 1. The number of hydrogen-bond donors (Lipinski definition) is 2. The number of nitrogens with zero attached hydrogens (tertiary/aromatic N) is 1. The second kappa shape index (κ2) is 4.40. The average molecular weight is 311 g/mol. The summed E-state index contributed by atoms with van der Waals surface area (Å²) in [5.41, 5.74) is 2.22. The highest BCUT2D eigenvalue weighted by atomic mass is 16.5. The minimum Gasteiger partial charge on any atom is -0.504 e. The van der Waals surface area contributed by atoms with Gasteiger partial charge in [-0.05, 0) is 31.0 Å². The quantitative estimate of drug-likeness (QED) is 0.817. The molecule has 2 heterocycles. The van der Waals surface area contributed by atoms with Gasteiger partial charge >= 0.3 is 0 Å². The summed E-state index contributed by atoms with van der Waals surface area (Å²) < 4.78 is 6.13. The van der Waals surface area contributed by atoms with Crippen molar-refractivity contribution in [3.63, 3.8) is 0 Å². The Balaban J connectivity index is 1.76. The molecule has 2 N–H and O–H groups in total. The third-order valence-corrected chi connectivity index (χ3v) is 6.35. The molecular formula is C19H21NO3. The molecule has 1 aromatic rings. The number of aliphatic hydroxyl groups excluding tert-OH is 1. The van der Waals surface area contributed by atoms with Crippen LogP contribution in [0.15, 0.2) is 36.9 Å².